The number of hydrogen-bond donors (Lipinski definition) is 1. The van der Waals surface area contributed by atoms with E-state index < -0.39 is 0 Å². The highest BCUT2D eigenvalue weighted by Gasteiger charge is 2.11. The first-order valence-electron chi connectivity index (χ1n) is 5.98. The monoisotopic (exact) mass is 237 g/mol. The maximum Gasteiger partial charge on any atom is 0.0837 e. The van der Waals surface area contributed by atoms with E-state index in [1.807, 2.05) is 31.4 Å². The van der Waals surface area contributed by atoms with Crippen LogP contribution < -0.4 is 5.73 Å². The number of benzene rings is 2. The normalized spacial score (nSPS) is 12.8. The highest BCUT2D eigenvalue weighted by molar-refractivity contribution is 5.83. The highest BCUT2D eigenvalue weighted by atomic mass is 15.3. The van der Waals surface area contributed by atoms with Crippen molar-refractivity contribution in [1.29, 1.82) is 0 Å². The van der Waals surface area contributed by atoms with E-state index in [-0.39, 0.29) is 6.04 Å². The summed E-state index contributed by atoms with van der Waals surface area (Å²) in [7, 11) is 1.90. The van der Waals surface area contributed by atoms with Crippen molar-refractivity contribution in [2.24, 2.45) is 12.8 Å². The number of aromatic nitrogens is 2. The zero-order valence-corrected chi connectivity index (χ0v) is 10.2. The third-order valence-electron chi connectivity index (χ3n) is 3.19. The van der Waals surface area contributed by atoms with E-state index in [9.17, 15) is 0 Å². The molecular formula is C15H15N3. The molecule has 0 aliphatic carbocycles. The van der Waals surface area contributed by atoms with Gasteiger partial charge in [0.2, 0.25) is 0 Å². The molecule has 0 bridgehead atoms. The van der Waals surface area contributed by atoms with E-state index in [2.05, 4.69) is 35.4 Å². The Labute approximate surface area is 106 Å². The Kier molecular flexibility index (Phi) is 2.61. The highest BCUT2D eigenvalue weighted by Crippen LogP contribution is 2.22. The molecule has 0 saturated carbocycles. The second kappa shape index (κ2) is 4.27. The van der Waals surface area contributed by atoms with Gasteiger partial charge in [-0.15, -0.1) is 0 Å². The fourth-order valence-corrected chi connectivity index (χ4v) is 2.17. The minimum absolute atomic E-state index is 0.171. The summed E-state index contributed by atoms with van der Waals surface area (Å²) >= 11 is 0. The van der Waals surface area contributed by atoms with E-state index in [0.29, 0.717) is 0 Å². The molecule has 0 radical (unpaired) electrons. The molecule has 0 spiro atoms. The van der Waals surface area contributed by atoms with Crippen molar-refractivity contribution in [1.82, 2.24) is 9.78 Å². The van der Waals surface area contributed by atoms with Gasteiger partial charge >= 0.3 is 0 Å². The predicted molar refractivity (Wildman–Crippen MR) is 73.2 cm³/mol. The lowest BCUT2D eigenvalue weighted by Crippen LogP contribution is -2.12. The molecule has 2 aromatic carbocycles. The summed E-state index contributed by atoms with van der Waals surface area (Å²) in [5.74, 6) is 0. The van der Waals surface area contributed by atoms with Crippen LogP contribution in [0.3, 0.4) is 0 Å². The third-order valence-corrected chi connectivity index (χ3v) is 3.19. The van der Waals surface area contributed by atoms with Gasteiger partial charge in [0.25, 0.3) is 0 Å². The third kappa shape index (κ3) is 1.89. The molecule has 1 unspecified atom stereocenters. The standard InChI is InChI=1S/C15H15N3/c1-18-9-8-14(17-18)15(16)13-7-6-11-4-2-3-5-12(11)10-13/h2-10,15H,16H2,1H3. The topological polar surface area (TPSA) is 43.8 Å². The van der Waals surface area contributed by atoms with Crippen LogP contribution >= 0.6 is 0 Å². The second-order valence-corrected chi connectivity index (χ2v) is 4.50. The molecule has 2 N–H and O–H groups in total. The van der Waals surface area contributed by atoms with E-state index in [0.717, 1.165) is 11.3 Å². The maximum atomic E-state index is 6.24. The molecule has 1 heterocycles. The van der Waals surface area contributed by atoms with Gasteiger partial charge < -0.3 is 5.73 Å². The lowest BCUT2D eigenvalue weighted by atomic mass is 10.0. The van der Waals surface area contributed by atoms with E-state index in [1.54, 1.807) is 4.68 Å². The Hall–Kier alpha value is -2.13. The fourth-order valence-electron chi connectivity index (χ4n) is 2.17. The number of nitrogens with two attached hydrogens (primary N) is 1. The Morgan fingerprint density at radius 2 is 1.83 bits per heavy atom. The fraction of sp³-hybridized carbons (Fsp3) is 0.133. The van der Waals surface area contributed by atoms with Gasteiger partial charge in [0.1, 0.15) is 0 Å². The lowest BCUT2D eigenvalue weighted by Gasteiger charge is -2.10. The first kappa shape index (κ1) is 11.0. The SMILES string of the molecule is Cn1ccc(C(N)c2ccc3ccccc3c2)n1. The van der Waals surface area contributed by atoms with Crippen molar-refractivity contribution in [3.63, 3.8) is 0 Å². The summed E-state index contributed by atoms with van der Waals surface area (Å²) in [6.07, 6.45) is 1.91. The average molecular weight is 237 g/mol. The zero-order valence-electron chi connectivity index (χ0n) is 10.2. The summed E-state index contributed by atoms with van der Waals surface area (Å²) in [5, 5.41) is 6.80. The molecule has 0 saturated heterocycles. The molecule has 90 valence electrons. The van der Waals surface area contributed by atoms with Crippen LogP contribution in [-0.4, -0.2) is 9.78 Å². The zero-order chi connectivity index (χ0) is 12.5. The van der Waals surface area contributed by atoms with Crippen LogP contribution in [0.5, 0.6) is 0 Å². The first-order chi connectivity index (χ1) is 8.74. The van der Waals surface area contributed by atoms with Crippen molar-refractivity contribution in [3.8, 4) is 0 Å². The minimum Gasteiger partial charge on any atom is -0.319 e. The molecular weight excluding hydrogens is 222 g/mol. The summed E-state index contributed by atoms with van der Waals surface area (Å²) in [5.41, 5.74) is 8.23. The van der Waals surface area contributed by atoms with Gasteiger partial charge in [-0.25, -0.2) is 0 Å². The smallest absolute Gasteiger partial charge is 0.0837 e. The second-order valence-electron chi connectivity index (χ2n) is 4.50. The van der Waals surface area contributed by atoms with Crippen molar-refractivity contribution in [2.75, 3.05) is 0 Å². The van der Waals surface area contributed by atoms with E-state index in [1.165, 1.54) is 10.8 Å². The minimum atomic E-state index is -0.171. The Morgan fingerprint density at radius 1 is 1.06 bits per heavy atom. The van der Waals surface area contributed by atoms with Gasteiger partial charge in [0.05, 0.1) is 11.7 Å². The van der Waals surface area contributed by atoms with Crippen LogP contribution in [0.15, 0.2) is 54.7 Å². The quantitative estimate of drug-likeness (QED) is 0.744. The van der Waals surface area contributed by atoms with Gasteiger partial charge in [-0.2, -0.15) is 5.10 Å². The van der Waals surface area contributed by atoms with Crippen LogP contribution in [0.1, 0.15) is 17.3 Å². The molecule has 0 aliphatic rings. The van der Waals surface area contributed by atoms with Crippen LogP contribution in [-0.2, 0) is 7.05 Å². The number of fused-ring (bicyclic) bond motifs is 1. The maximum absolute atomic E-state index is 6.24. The molecule has 18 heavy (non-hydrogen) atoms. The molecule has 3 rings (SSSR count). The lowest BCUT2D eigenvalue weighted by molar-refractivity contribution is 0.716. The molecule has 3 aromatic rings. The van der Waals surface area contributed by atoms with Crippen LogP contribution in [0, 0.1) is 0 Å². The molecule has 3 nitrogen and oxygen atoms in total. The van der Waals surface area contributed by atoms with Crippen LogP contribution in [0.4, 0.5) is 0 Å². The molecule has 1 aromatic heterocycles. The number of aryl methyl sites for hydroxylation is 1. The van der Waals surface area contributed by atoms with Gasteiger partial charge in [0.15, 0.2) is 0 Å². The van der Waals surface area contributed by atoms with Crippen molar-refractivity contribution in [3.05, 3.63) is 66.0 Å². The summed E-state index contributed by atoms with van der Waals surface area (Å²) in [4.78, 5) is 0. The molecule has 0 amide bonds. The number of rotatable bonds is 2. The summed E-state index contributed by atoms with van der Waals surface area (Å²) in [6, 6.07) is 16.4. The molecule has 0 fully saturated rings. The predicted octanol–water partition coefficient (Wildman–Crippen LogP) is 2.62. The van der Waals surface area contributed by atoms with E-state index in [4.69, 9.17) is 5.73 Å². The van der Waals surface area contributed by atoms with E-state index >= 15 is 0 Å². The Balaban J connectivity index is 2.03. The van der Waals surface area contributed by atoms with Crippen LogP contribution in [0.25, 0.3) is 10.8 Å². The molecule has 1 atom stereocenters. The van der Waals surface area contributed by atoms with Crippen molar-refractivity contribution in [2.45, 2.75) is 6.04 Å². The molecule has 3 heteroatoms. The first-order valence-corrected chi connectivity index (χ1v) is 5.98. The average Bonchev–Trinajstić information content (AvgIpc) is 2.84. The summed E-state index contributed by atoms with van der Waals surface area (Å²) in [6.45, 7) is 0. The Morgan fingerprint density at radius 3 is 2.56 bits per heavy atom. The van der Waals surface area contributed by atoms with Crippen molar-refractivity contribution < 1.29 is 0 Å². The number of nitrogens with zero attached hydrogens (tertiary/aromatic N) is 2. The van der Waals surface area contributed by atoms with Crippen molar-refractivity contribution >= 4 is 10.8 Å². The van der Waals surface area contributed by atoms with Gasteiger partial charge in [-0.1, -0.05) is 36.4 Å². The largest absolute Gasteiger partial charge is 0.319 e. The van der Waals surface area contributed by atoms with Gasteiger partial charge in [0, 0.05) is 13.2 Å². The molecule has 0 aliphatic heterocycles. The summed E-state index contributed by atoms with van der Waals surface area (Å²) < 4.78 is 1.77. The van der Waals surface area contributed by atoms with Gasteiger partial charge in [-0.3, -0.25) is 4.68 Å². The Bertz CT molecular complexity index is 685. The number of hydrogen-bond acceptors (Lipinski definition) is 2. The van der Waals surface area contributed by atoms with Crippen LogP contribution in [0.2, 0.25) is 0 Å². The van der Waals surface area contributed by atoms with Gasteiger partial charge in [-0.05, 0) is 28.5 Å².